The van der Waals surface area contributed by atoms with E-state index >= 15 is 0 Å². The lowest BCUT2D eigenvalue weighted by atomic mass is 10.5. The van der Waals surface area contributed by atoms with E-state index in [0.29, 0.717) is 6.20 Å². The zero-order chi connectivity index (χ0) is 9.56. The van der Waals surface area contributed by atoms with Gasteiger partial charge in [0.05, 0.1) is 11.2 Å². The molecule has 0 aliphatic carbocycles. The zero-order valence-electron chi connectivity index (χ0n) is 5.71. The first-order valence-electron chi connectivity index (χ1n) is 2.56. The average molecular weight is 209 g/mol. The van der Waals surface area contributed by atoms with E-state index in [1.807, 2.05) is 0 Å². The third-order valence-electron chi connectivity index (χ3n) is 0.671. The summed E-state index contributed by atoms with van der Waals surface area (Å²) in [7, 11) is 0. The van der Waals surface area contributed by atoms with Gasteiger partial charge in [0.25, 0.3) is 0 Å². The van der Waals surface area contributed by atoms with E-state index in [1.54, 1.807) is 0 Å². The molecule has 0 saturated heterocycles. The van der Waals surface area contributed by atoms with Gasteiger partial charge in [0, 0.05) is 4.91 Å². The van der Waals surface area contributed by atoms with Crippen molar-refractivity contribution in [2.24, 2.45) is 10.1 Å². The Kier molecular flexibility index (Phi) is 5.12. The molecule has 0 heterocycles. The first-order chi connectivity index (χ1) is 5.57. The average Bonchev–Trinajstić information content (AvgIpc) is 2.00. The first kappa shape index (κ1) is 11.0. The summed E-state index contributed by atoms with van der Waals surface area (Å²) in [6.45, 7) is 3.09. The normalized spacial score (nSPS) is 12.2. The Bertz CT molecular complexity index is 274. The second kappa shape index (κ2) is 5.60. The predicted molar refractivity (Wildman–Crippen MR) is 46.6 cm³/mol. The van der Waals surface area contributed by atoms with E-state index in [2.05, 4.69) is 21.6 Å². The van der Waals surface area contributed by atoms with Crippen LogP contribution in [0, 0.1) is 0 Å². The minimum absolute atomic E-state index is 0.302. The lowest BCUT2D eigenvalue weighted by molar-refractivity contribution is 0.660. The van der Waals surface area contributed by atoms with Crippen molar-refractivity contribution in [2.45, 2.75) is 0 Å². The van der Waals surface area contributed by atoms with Gasteiger partial charge in [-0.25, -0.2) is 9.38 Å². The van der Waals surface area contributed by atoms with Crippen molar-refractivity contribution in [3.63, 3.8) is 0 Å². The molecule has 0 spiro atoms. The summed E-state index contributed by atoms with van der Waals surface area (Å²) in [6, 6.07) is 0. The Morgan fingerprint density at radius 3 is 2.58 bits per heavy atom. The molecule has 0 aromatic carbocycles. The lowest BCUT2D eigenvalue weighted by Gasteiger charge is -1.87. The lowest BCUT2D eigenvalue weighted by Crippen LogP contribution is -1.76. The van der Waals surface area contributed by atoms with Crippen LogP contribution >= 0.6 is 23.2 Å². The van der Waals surface area contributed by atoms with Gasteiger partial charge in [0.1, 0.15) is 0 Å². The minimum atomic E-state index is -0.844. The van der Waals surface area contributed by atoms with Crippen molar-refractivity contribution in [1.82, 2.24) is 0 Å². The topological polar surface area (TPSA) is 61.1 Å². The fourth-order valence-corrected chi connectivity index (χ4v) is 0.374. The fourth-order valence-electron chi connectivity index (χ4n) is 0.243. The quantitative estimate of drug-likeness (QED) is 0.127. The second-order valence-electron chi connectivity index (χ2n) is 1.47. The summed E-state index contributed by atoms with van der Waals surface area (Å²) in [5, 5.41) is 2.14. The maximum atomic E-state index is 12.5. The summed E-state index contributed by atoms with van der Waals surface area (Å²) in [4.78, 5) is 5.53. The van der Waals surface area contributed by atoms with E-state index in [1.165, 1.54) is 0 Å². The third-order valence-corrected chi connectivity index (χ3v) is 1.02. The Morgan fingerprint density at radius 1 is 1.58 bits per heavy atom. The van der Waals surface area contributed by atoms with Crippen molar-refractivity contribution >= 4 is 28.5 Å². The SMILES string of the molecule is C=C(Cl)/C(F)=C\N=C(Cl)N=[N+]=[N-]. The van der Waals surface area contributed by atoms with Gasteiger partial charge >= 0.3 is 0 Å². The smallest absolute Gasteiger partial charge is 0.193 e. The molecule has 0 bridgehead atoms. The monoisotopic (exact) mass is 208 g/mol. The molecule has 12 heavy (non-hydrogen) atoms. The van der Waals surface area contributed by atoms with Crippen LogP contribution in [0.15, 0.2) is 33.7 Å². The number of hydrogen-bond donors (Lipinski definition) is 0. The molecule has 0 rings (SSSR count). The van der Waals surface area contributed by atoms with E-state index in [9.17, 15) is 4.39 Å². The molecule has 0 radical (unpaired) electrons. The molecule has 0 aliphatic heterocycles. The van der Waals surface area contributed by atoms with Gasteiger partial charge in [-0.1, -0.05) is 29.8 Å². The number of aliphatic imine (C=N–C) groups is 1. The minimum Gasteiger partial charge on any atom is -0.240 e. The highest BCUT2D eigenvalue weighted by molar-refractivity contribution is 6.65. The van der Waals surface area contributed by atoms with E-state index in [4.69, 9.17) is 28.7 Å². The van der Waals surface area contributed by atoms with Crippen LogP contribution in [-0.2, 0) is 0 Å². The number of allylic oxidation sites excluding steroid dienone is 2. The summed E-state index contributed by atoms with van der Waals surface area (Å²) in [6.07, 6.45) is 0.701. The van der Waals surface area contributed by atoms with Crippen molar-refractivity contribution < 1.29 is 4.39 Å². The maximum absolute atomic E-state index is 12.5. The summed E-state index contributed by atoms with van der Waals surface area (Å²) >= 11 is 10.3. The summed E-state index contributed by atoms with van der Waals surface area (Å²) < 4.78 is 12.5. The van der Waals surface area contributed by atoms with Gasteiger partial charge in [-0.05, 0) is 10.6 Å². The number of hydrogen-bond acceptors (Lipinski definition) is 1. The molecule has 0 amide bonds. The number of nitrogens with zero attached hydrogens (tertiary/aromatic N) is 4. The first-order valence-corrected chi connectivity index (χ1v) is 3.32. The molecule has 0 N–H and O–H groups in total. The number of rotatable bonds is 2. The molecule has 0 unspecified atom stereocenters. The molecule has 0 aromatic rings. The highest BCUT2D eigenvalue weighted by Gasteiger charge is 1.95. The van der Waals surface area contributed by atoms with Gasteiger partial charge in [0.2, 0.25) is 0 Å². The van der Waals surface area contributed by atoms with Gasteiger partial charge < -0.3 is 0 Å². The Morgan fingerprint density at radius 2 is 2.17 bits per heavy atom. The summed E-state index contributed by atoms with van der Waals surface area (Å²) in [5.74, 6) is -0.844. The van der Waals surface area contributed by atoms with Gasteiger partial charge in [-0.15, -0.1) is 0 Å². The zero-order valence-corrected chi connectivity index (χ0v) is 7.22. The number of azide groups is 1. The van der Waals surface area contributed by atoms with Crippen LogP contribution in [0.2, 0.25) is 0 Å². The highest BCUT2D eigenvalue weighted by atomic mass is 35.5. The highest BCUT2D eigenvalue weighted by Crippen LogP contribution is 2.13. The van der Waals surface area contributed by atoms with Crippen LogP contribution in [0.5, 0.6) is 0 Å². The number of amidine groups is 1. The predicted octanol–water partition coefficient (Wildman–Crippen LogP) is 3.45. The van der Waals surface area contributed by atoms with E-state index < -0.39 is 11.1 Å². The molecule has 0 fully saturated rings. The molecular weight excluding hydrogens is 206 g/mol. The van der Waals surface area contributed by atoms with Crippen LogP contribution in [0.4, 0.5) is 4.39 Å². The molecule has 7 heteroatoms. The van der Waals surface area contributed by atoms with Crippen LogP contribution in [0.3, 0.4) is 0 Å². The van der Waals surface area contributed by atoms with Crippen LogP contribution in [0.25, 0.3) is 10.4 Å². The molecule has 4 nitrogen and oxygen atoms in total. The largest absolute Gasteiger partial charge is 0.240 e. The van der Waals surface area contributed by atoms with Crippen LogP contribution in [-0.4, -0.2) is 5.29 Å². The molecular formula is C5H3Cl2FN4. The van der Waals surface area contributed by atoms with Crippen LogP contribution in [0.1, 0.15) is 0 Å². The molecule has 64 valence electrons. The summed E-state index contributed by atoms with van der Waals surface area (Å²) in [5.41, 5.74) is 7.85. The Labute approximate surface area is 77.6 Å². The van der Waals surface area contributed by atoms with Crippen LogP contribution < -0.4 is 0 Å². The Balaban J connectivity index is 4.47. The van der Waals surface area contributed by atoms with Gasteiger partial charge in [-0.3, -0.25) is 0 Å². The standard InChI is InChI=1S/C5H3Cl2FN4/c1-3(6)4(8)2-10-5(7)11-12-9/h2H,1H2/b4-2+,10-5?. The van der Waals surface area contributed by atoms with E-state index in [0.717, 1.165) is 0 Å². The molecule has 0 aliphatic rings. The van der Waals surface area contributed by atoms with Gasteiger partial charge in [0.15, 0.2) is 11.1 Å². The molecule has 0 atom stereocenters. The number of halogens is 3. The van der Waals surface area contributed by atoms with Crippen molar-refractivity contribution in [3.05, 3.63) is 34.1 Å². The molecule has 0 aromatic heterocycles. The molecule has 0 saturated carbocycles. The van der Waals surface area contributed by atoms with E-state index in [-0.39, 0.29) is 5.03 Å². The maximum Gasteiger partial charge on any atom is 0.193 e. The third kappa shape index (κ3) is 4.73. The Hall–Kier alpha value is -1.03. The van der Waals surface area contributed by atoms with Crippen molar-refractivity contribution in [1.29, 1.82) is 0 Å². The van der Waals surface area contributed by atoms with Gasteiger partial charge in [-0.2, -0.15) is 0 Å². The van der Waals surface area contributed by atoms with Crippen molar-refractivity contribution in [3.8, 4) is 0 Å². The fraction of sp³-hybridized carbons (Fsp3) is 0. The van der Waals surface area contributed by atoms with Crippen molar-refractivity contribution in [2.75, 3.05) is 0 Å². The second-order valence-corrected chi connectivity index (χ2v) is 2.26.